The molecule has 0 atom stereocenters. The smallest absolute Gasteiger partial charge is 0.0351 e. The maximum atomic E-state index is 3.87. The first-order valence-electron chi connectivity index (χ1n) is 7.86. The van der Waals surface area contributed by atoms with Crippen molar-refractivity contribution in [3.63, 3.8) is 0 Å². The average molecular weight is 237 g/mol. The van der Waals surface area contributed by atoms with Gasteiger partial charge in [-0.3, -0.25) is 0 Å². The van der Waals surface area contributed by atoms with Crippen molar-refractivity contribution in [1.82, 2.24) is 0 Å². The van der Waals surface area contributed by atoms with Crippen molar-refractivity contribution in [3.8, 4) is 0 Å². The van der Waals surface area contributed by atoms with Crippen molar-refractivity contribution < 1.29 is 0 Å². The molecule has 0 heterocycles. The zero-order valence-electron chi connectivity index (χ0n) is 12.1. The molecule has 0 saturated heterocycles. The Kier molecular flexibility index (Phi) is 15.5. The van der Waals surface area contributed by atoms with Crippen molar-refractivity contribution in [2.45, 2.75) is 90.4 Å². The van der Waals surface area contributed by atoms with E-state index < -0.39 is 0 Å². The predicted molar refractivity (Wildman–Crippen MR) is 80.2 cm³/mol. The molecule has 0 amide bonds. The van der Waals surface area contributed by atoms with E-state index in [0.717, 1.165) is 6.42 Å². The maximum Gasteiger partial charge on any atom is -0.0351 e. The van der Waals surface area contributed by atoms with Crippen LogP contribution in [0.15, 0.2) is 12.2 Å². The van der Waals surface area contributed by atoms with Crippen LogP contribution in [0.4, 0.5) is 0 Å². The molecule has 0 aromatic heterocycles. The Morgan fingerprint density at radius 2 is 1.12 bits per heavy atom. The summed E-state index contributed by atoms with van der Waals surface area (Å²) in [4.78, 5) is 0. The molecular formula is C17H33. The van der Waals surface area contributed by atoms with Crippen molar-refractivity contribution in [2.24, 2.45) is 0 Å². The maximum absolute atomic E-state index is 3.87. The topological polar surface area (TPSA) is 0 Å². The Balaban J connectivity index is 2.96. The molecule has 0 aromatic carbocycles. The van der Waals surface area contributed by atoms with E-state index in [9.17, 15) is 0 Å². The lowest BCUT2D eigenvalue weighted by molar-refractivity contribution is 0.571. The lowest BCUT2D eigenvalue weighted by Crippen LogP contribution is -1.80. The summed E-state index contributed by atoms with van der Waals surface area (Å²) in [5.74, 6) is 0. The molecule has 0 aliphatic rings. The van der Waals surface area contributed by atoms with Crippen LogP contribution in [-0.2, 0) is 0 Å². The monoisotopic (exact) mass is 237 g/mol. The summed E-state index contributed by atoms with van der Waals surface area (Å²) in [5, 5.41) is 0. The summed E-state index contributed by atoms with van der Waals surface area (Å²) in [7, 11) is 0. The van der Waals surface area contributed by atoms with E-state index in [-0.39, 0.29) is 0 Å². The van der Waals surface area contributed by atoms with Gasteiger partial charge in [0.2, 0.25) is 0 Å². The summed E-state index contributed by atoms with van der Waals surface area (Å²) >= 11 is 0. The minimum absolute atomic E-state index is 1.12. The second kappa shape index (κ2) is 15.7. The molecule has 0 rings (SSSR count). The van der Waals surface area contributed by atoms with Gasteiger partial charge in [0.15, 0.2) is 0 Å². The number of unbranched alkanes of at least 4 members (excludes halogenated alkanes) is 11. The SMILES string of the molecule is [CH2]CCCCCCCCCC/C=C\CCCC. The fourth-order valence-electron chi connectivity index (χ4n) is 2.06. The Bertz CT molecular complexity index is 146. The molecular weight excluding hydrogens is 204 g/mol. The van der Waals surface area contributed by atoms with E-state index in [1.54, 1.807) is 0 Å². The van der Waals surface area contributed by atoms with Gasteiger partial charge in [0, 0.05) is 0 Å². The molecule has 17 heavy (non-hydrogen) atoms. The highest BCUT2D eigenvalue weighted by Crippen LogP contribution is 2.10. The van der Waals surface area contributed by atoms with E-state index in [2.05, 4.69) is 26.0 Å². The van der Waals surface area contributed by atoms with Crippen LogP contribution in [0.2, 0.25) is 0 Å². The second-order valence-electron chi connectivity index (χ2n) is 5.08. The van der Waals surface area contributed by atoms with Crippen LogP contribution in [0.5, 0.6) is 0 Å². The predicted octanol–water partition coefficient (Wildman–Crippen LogP) is 6.47. The average Bonchev–Trinajstić information content (AvgIpc) is 2.35. The van der Waals surface area contributed by atoms with Crippen molar-refractivity contribution in [3.05, 3.63) is 19.1 Å². The first kappa shape index (κ1) is 16.7. The number of hydrogen-bond donors (Lipinski definition) is 0. The van der Waals surface area contributed by atoms with Crippen LogP contribution in [0, 0.1) is 6.92 Å². The highest BCUT2D eigenvalue weighted by Gasteiger charge is 1.91. The van der Waals surface area contributed by atoms with Gasteiger partial charge < -0.3 is 0 Å². The van der Waals surface area contributed by atoms with Crippen LogP contribution >= 0.6 is 0 Å². The second-order valence-corrected chi connectivity index (χ2v) is 5.08. The number of allylic oxidation sites excluding steroid dienone is 2. The van der Waals surface area contributed by atoms with Crippen LogP contribution in [0.25, 0.3) is 0 Å². The van der Waals surface area contributed by atoms with Gasteiger partial charge >= 0.3 is 0 Å². The van der Waals surface area contributed by atoms with Crippen molar-refractivity contribution >= 4 is 0 Å². The van der Waals surface area contributed by atoms with E-state index in [4.69, 9.17) is 0 Å². The van der Waals surface area contributed by atoms with Crippen LogP contribution in [0.1, 0.15) is 90.4 Å². The fraction of sp³-hybridized carbons (Fsp3) is 0.824. The third-order valence-corrected chi connectivity index (χ3v) is 3.26. The highest BCUT2D eigenvalue weighted by molar-refractivity contribution is 4.81. The quantitative estimate of drug-likeness (QED) is 0.254. The first-order valence-corrected chi connectivity index (χ1v) is 7.86. The number of rotatable bonds is 13. The normalized spacial score (nSPS) is 11.4. The van der Waals surface area contributed by atoms with Gasteiger partial charge in [-0.15, -0.1) is 0 Å². The molecule has 0 bridgehead atoms. The summed E-state index contributed by atoms with van der Waals surface area (Å²) in [6.07, 6.45) is 22.4. The Labute approximate surface area is 110 Å². The minimum Gasteiger partial charge on any atom is -0.0885 e. The Hall–Kier alpha value is -0.260. The lowest BCUT2D eigenvalue weighted by atomic mass is 10.1. The van der Waals surface area contributed by atoms with E-state index in [1.807, 2.05) is 0 Å². The van der Waals surface area contributed by atoms with E-state index in [1.165, 1.54) is 77.0 Å². The molecule has 0 nitrogen and oxygen atoms in total. The zero-order valence-corrected chi connectivity index (χ0v) is 12.1. The van der Waals surface area contributed by atoms with Gasteiger partial charge in [-0.25, -0.2) is 0 Å². The summed E-state index contributed by atoms with van der Waals surface area (Å²) in [5.41, 5.74) is 0. The van der Waals surface area contributed by atoms with Gasteiger partial charge in [-0.1, -0.05) is 90.2 Å². The molecule has 0 heteroatoms. The Morgan fingerprint density at radius 3 is 1.65 bits per heavy atom. The molecule has 0 aromatic rings. The van der Waals surface area contributed by atoms with E-state index >= 15 is 0 Å². The highest BCUT2D eigenvalue weighted by atomic mass is 14.0. The Morgan fingerprint density at radius 1 is 0.647 bits per heavy atom. The molecule has 101 valence electrons. The molecule has 0 unspecified atom stereocenters. The van der Waals surface area contributed by atoms with E-state index in [0.29, 0.717) is 0 Å². The van der Waals surface area contributed by atoms with Crippen LogP contribution < -0.4 is 0 Å². The summed E-state index contributed by atoms with van der Waals surface area (Å²) in [6, 6.07) is 0. The molecule has 0 N–H and O–H groups in total. The molecule has 0 aliphatic heterocycles. The third kappa shape index (κ3) is 15.7. The molecule has 0 aliphatic carbocycles. The first-order chi connectivity index (χ1) is 8.41. The summed E-state index contributed by atoms with van der Waals surface area (Å²) in [6.45, 7) is 6.13. The van der Waals surface area contributed by atoms with Crippen molar-refractivity contribution in [2.75, 3.05) is 0 Å². The third-order valence-electron chi connectivity index (χ3n) is 3.26. The minimum atomic E-state index is 1.12. The van der Waals surface area contributed by atoms with Crippen LogP contribution in [-0.4, -0.2) is 0 Å². The lowest BCUT2D eigenvalue weighted by Gasteiger charge is -2.00. The molecule has 0 fully saturated rings. The van der Waals surface area contributed by atoms with Crippen molar-refractivity contribution in [1.29, 1.82) is 0 Å². The van der Waals surface area contributed by atoms with Gasteiger partial charge in [0.25, 0.3) is 0 Å². The molecule has 0 spiro atoms. The largest absolute Gasteiger partial charge is 0.0885 e. The zero-order chi connectivity index (χ0) is 12.6. The number of hydrogen-bond acceptors (Lipinski definition) is 0. The standard InChI is InChI=1S/C17H33/c1-3-5-7-9-11-13-15-17-16-14-12-10-8-6-4-2/h10,12H,1,3-9,11,13-17H2,2H3/b12-10-. The van der Waals surface area contributed by atoms with Gasteiger partial charge in [0.05, 0.1) is 0 Å². The molecule has 1 radical (unpaired) electrons. The van der Waals surface area contributed by atoms with Gasteiger partial charge in [-0.2, -0.15) is 0 Å². The molecule has 0 saturated carbocycles. The summed E-state index contributed by atoms with van der Waals surface area (Å²) < 4.78 is 0. The van der Waals surface area contributed by atoms with Crippen LogP contribution in [0.3, 0.4) is 0 Å². The van der Waals surface area contributed by atoms with Gasteiger partial charge in [0.1, 0.15) is 0 Å². The van der Waals surface area contributed by atoms with Gasteiger partial charge in [-0.05, 0) is 19.3 Å². The fourth-order valence-corrected chi connectivity index (χ4v) is 2.06.